The van der Waals surface area contributed by atoms with Gasteiger partial charge >= 0.3 is 0 Å². The second-order valence-electron chi connectivity index (χ2n) is 3.91. The average molecular weight is 366 g/mol. The third-order valence-electron chi connectivity index (χ3n) is 2.48. The molecule has 0 unspecified atom stereocenters. The Labute approximate surface area is 141 Å². The van der Waals surface area contributed by atoms with Gasteiger partial charge in [-0.25, -0.2) is 0 Å². The highest BCUT2D eigenvalue weighted by Gasteiger charge is 2.12. The molecule has 0 bridgehead atoms. The zero-order valence-electron chi connectivity index (χ0n) is 10.00. The summed E-state index contributed by atoms with van der Waals surface area (Å²) in [6.45, 7) is 0. The van der Waals surface area contributed by atoms with Crippen LogP contribution >= 0.6 is 58.2 Å². The molecule has 0 aromatic heterocycles. The van der Waals surface area contributed by atoms with Crippen molar-refractivity contribution in [3.63, 3.8) is 0 Å². The van der Waals surface area contributed by atoms with Gasteiger partial charge in [0.2, 0.25) is 0 Å². The molecule has 6 heteroatoms. The first-order valence-corrected chi connectivity index (χ1v) is 8.03. The van der Waals surface area contributed by atoms with Crippen molar-refractivity contribution in [3.8, 4) is 0 Å². The van der Waals surface area contributed by atoms with E-state index in [0.717, 1.165) is 4.90 Å². The van der Waals surface area contributed by atoms with E-state index >= 15 is 0 Å². The first kappa shape index (κ1) is 16.0. The van der Waals surface area contributed by atoms with Crippen LogP contribution in [0.1, 0.15) is 10.4 Å². The average Bonchev–Trinajstić information content (AvgIpc) is 2.39. The van der Waals surface area contributed by atoms with Crippen LogP contribution in [0.3, 0.4) is 0 Å². The number of hydrogen-bond acceptors (Lipinski definition) is 2. The van der Waals surface area contributed by atoms with Crippen LogP contribution < -0.4 is 0 Å². The van der Waals surface area contributed by atoms with Crippen molar-refractivity contribution in [3.05, 3.63) is 62.1 Å². The molecule has 104 valence electrons. The van der Waals surface area contributed by atoms with Gasteiger partial charge in [-0.2, -0.15) is 0 Å². The monoisotopic (exact) mass is 364 g/mol. The lowest BCUT2D eigenvalue weighted by Gasteiger charge is -2.06. The van der Waals surface area contributed by atoms with Gasteiger partial charge in [0.1, 0.15) is 0 Å². The molecule has 20 heavy (non-hydrogen) atoms. The minimum atomic E-state index is -0.0901. The second kappa shape index (κ2) is 7.06. The van der Waals surface area contributed by atoms with Crippen molar-refractivity contribution in [2.24, 2.45) is 0 Å². The van der Waals surface area contributed by atoms with Crippen molar-refractivity contribution in [1.29, 1.82) is 0 Å². The zero-order valence-corrected chi connectivity index (χ0v) is 13.8. The van der Waals surface area contributed by atoms with Crippen molar-refractivity contribution >= 4 is 63.9 Å². The molecule has 0 saturated carbocycles. The lowest BCUT2D eigenvalue weighted by Crippen LogP contribution is -2.03. The molecule has 0 atom stereocenters. The molecule has 0 saturated heterocycles. The fourth-order valence-corrected chi connectivity index (χ4v) is 3.41. The van der Waals surface area contributed by atoms with Crippen LogP contribution in [-0.2, 0) is 0 Å². The first-order chi connectivity index (χ1) is 9.47. The van der Waals surface area contributed by atoms with Gasteiger partial charge < -0.3 is 0 Å². The molecule has 0 fully saturated rings. The summed E-state index contributed by atoms with van der Waals surface area (Å²) in [6, 6.07) is 9.93. The Morgan fingerprint density at radius 1 is 0.900 bits per heavy atom. The highest BCUT2D eigenvalue weighted by Crippen LogP contribution is 2.31. The van der Waals surface area contributed by atoms with E-state index in [1.54, 1.807) is 36.4 Å². The van der Waals surface area contributed by atoms with Gasteiger partial charge in [0.15, 0.2) is 5.78 Å². The number of benzene rings is 2. The van der Waals surface area contributed by atoms with E-state index in [-0.39, 0.29) is 11.5 Å². The molecule has 0 amide bonds. The maximum Gasteiger partial charge on any atom is 0.174 e. The van der Waals surface area contributed by atoms with Crippen molar-refractivity contribution in [2.75, 3.05) is 5.75 Å². The number of thioether (sulfide) groups is 1. The van der Waals surface area contributed by atoms with E-state index < -0.39 is 0 Å². The largest absolute Gasteiger partial charge is 0.293 e. The van der Waals surface area contributed by atoms with E-state index in [1.165, 1.54) is 11.8 Å². The van der Waals surface area contributed by atoms with Crippen LogP contribution in [0.5, 0.6) is 0 Å². The highest BCUT2D eigenvalue weighted by atomic mass is 35.5. The van der Waals surface area contributed by atoms with Crippen LogP contribution in [0, 0.1) is 0 Å². The molecule has 2 aromatic rings. The molecule has 0 N–H and O–H groups in total. The number of hydrogen-bond donors (Lipinski definition) is 0. The number of halogens is 4. The van der Waals surface area contributed by atoms with Crippen molar-refractivity contribution < 1.29 is 4.79 Å². The van der Waals surface area contributed by atoms with Crippen LogP contribution in [0.15, 0.2) is 41.3 Å². The van der Waals surface area contributed by atoms with Crippen LogP contribution in [0.2, 0.25) is 20.1 Å². The SMILES string of the molecule is O=C(CSc1cc(Cl)ccc1Cl)c1ccc(Cl)cc1Cl. The fourth-order valence-electron chi connectivity index (χ4n) is 1.52. The van der Waals surface area contributed by atoms with Gasteiger partial charge in [0.05, 0.1) is 15.8 Å². The third kappa shape index (κ3) is 4.06. The Morgan fingerprint density at radius 3 is 2.25 bits per heavy atom. The van der Waals surface area contributed by atoms with Crippen molar-refractivity contribution in [1.82, 2.24) is 0 Å². The predicted molar refractivity (Wildman–Crippen MR) is 88.0 cm³/mol. The quantitative estimate of drug-likeness (QED) is 0.468. The topological polar surface area (TPSA) is 17.1 Å². The summed E-state index contributed by atoms with van der Waals surface area (Å²) < 4.78 is 0. The molecular weight excluding hydrogens is 358 g/mol. The summed E-state index contributed by atoms with van der Waals surface area (Å²) in [5, 5.41) is 1.99. The van der Waals surface area contributed by atoms with Crippen LogP contribution in [0.25, 0.3) is 0 Å². The highest BCUT2D eigenvalue weighted by molar-refractivity contribution is 8.00. The number of Topliss-reactive ketones (excluding diaryl/α,β-unsaturated/α-hetero) is 1. The Kier molecular flexibility index (Phi) is 5.65. The summed E-state index contributed by atoms with van der Waals surface area (Å²) in [7, 11) is 0. The standard InChI is InChI=1S/C14H8Cl4OS/c15-8-1-3-10(12(18)5-8)13(19)7-20-14-6-9(16)2-4-11(14)17/h1-6H,7H2. The normalized spacial score (nSPS) is 10.6. The Hall–Kier alpha value is -0.380. The second-order valence-corrected chi connectivity index (χ2v) is 6.62. The molecular formula is C14H8Cl4OS. The summed E-state index contributed by atoms with van der Waals surface area (Å²) in [5.74, 6) is 0.134. The number of rotatable bonds is 4. The summed E-state index contributed by atoms with van der Waals surface area (Å²) in [4.78, 5) is 12.9. The molecule has 0 aliphatic carbocycles. The summed E-state index contributed by atoms with van der Waals surface area (Å²) in [5.41, 5.74) is 0.446. The smallest absolute Gasteiger partial charge is 0.174 e. The van der Waals surface area contributed by atoms with E-state index in [1.807, 2.05) is 0 Å². The molecule has 0 heterocycles. The van der Waals surface area contributed by atoms with E-state index in [2.05, 4.69) is 0 Å². The fraction of sp³-hybridized carbons (Fsp3) is 0.0714. The molecule has 0 aliphatic heterocycles. The third-order valence-corrected chi connectivity index (χ3v) is 4.76. The van der Waals surface area contributed by atoms with Crippen LogP contribution in [0.4, 0.5) is 0 Å². The molecule has 1 nitrogen and oxygen atoms in total. The first-order valence-electron chi connectivity index (χ1n) is 5.53. The number of carbonyl (C=O) groups is 1. The van der Waals surface area contributed by atoms with Gasteiger partial charge in [-0.15, -0.1) is 11.8 Å². The van der Waals surface area contributed by atoms with Crippen molar-refractivity contribution in [2.45, 2.75) is 4.90 Å². The summed E-state index contributed by atoms with van der Waals surface area (Å²) in [6.07, 6.45) is 0. The zero-order chi connectivity index (χ0) is 14.7. The number of carbonyl (C=O) groups excluding carboxylic acids is 1. The minimum absolute atomic E-state index is 0.0901. The molecule has 0 spiro atoms. The maximum absolute atomic E-state index is 12.1. The Bertz CT molecular complexity index is 658. The predicted octanol–water partition coefficient (Wildman–Crippen LogP) is 6.28. The number of ketones is 1. The van der Waals surface area contributed by atoms with Gasteiger partial charge in [0, 0.05) is 20.5 Å². The Morgan fingerprint density at radius 2 is 1.55 bits per heavy atom. The molecule has 2 aromatic carbocycles. The molecule has 0 aliphatic rings. The van der Waals surface area contributed by atoms with Gasteiger partial charge in [0.25, 0.3) is 0 Å². The summed E-state index contributed by atoms with van der Waals surface area (Å²) >= 11 is 25.1. The maximum atomic E-state index is 12.1. The van der Waals surface area contributed by atoms with E-state index in [4.69, 9.17) is 46.4 Å². The molecule has 2 rings (SSSR count). The van der Waals surface area contributed by atoms with Gasteiger partial charge in [-0.1, -0.05) is 46.4 Å². The van der Waals surface area contributed by atoms with E-state index in [0.29, 0.717) is 25.7 Å². The molecule has 0 radical (unpaired) electrons. The Balaban J connectivity index is 2.10. The lowest BCUT2D eigenvalue weighted by atomic mass is 10.1. The van der Waals surface area contributed by atoms with Crippen LogP contribution in [-0.4, -0.2) is 11.5 Å². The van der Waals surface area contributed by atoms with Gasteiger partial charge in [-0.05, 0) is 36.4 Å². The van der Waals surface area contributed by atoms with Gasteiger partial charge in [-0.3, -0.25) is 4.79 Å². The minimum Gasteiger partial charge on any atom is -0.293 e. The van der Waals surface area contributed by atoms with E-state index in [9.17, 15) is 4.79 Å². The lowest BCUT2D eigenvalue weighted by molar-refractivity contribution is 0.102.